The Morgan fingerprint density at radius 3 is 2.36 bits per heavy atom. The van der Waals surface area contributed by atoms with Gasteiger partial charge in [0.15, 0.2) is 10.3 Å². The molecule has 118 valence electrons. The van der Waals surface area contributed by atoms with Crippen molar-refractivity contribution in [3.63, 3.8) is 0 Å². The fraction of sp³-hybridized carbons (Fsp3) is 0.375. The second-order valence-corrected chi connectivity index (χ2v) is 6.19. The zero-order chi connectivity index (χ0) is 16.3. The van der Waals surface area contributed by atoms with E-state index in [2.05, 4.69) is 18.8 Å². The molecule has 0 aliphatic heterocycles. The maximum absolute atomic E-state index is 12.3. The number of rotatable bonds is 5. The van der Waals surface area contributed by atoms with Gasteiger partial charge in [-0.2, -0.15) is 0 Å². The molecule has 0 aliphatic carbocycles. The molecule has 0 N–H and O–H groups in total. The van der Waals surface area contributed by atoms with Crippen LogP contribution in [0.1, 0.15) is 25.1 Å². The molecule has 1 aromatic heterocycles. The molecule has 0 fully saturated rings. The second-order valence-electron chi connectivity index (χ2n) is 5.48. The Hall–Kier alpha value is -1.52. The van der Waals surface area contributed by atoms with Gasteiger partial charge in [0.1, 0.15) is 5.75 Å². The summed E-state index contributed by atoms with van der Waals surface area (Å²) < 4.78 is 6.73. The lowest BCUT2D eigenvalue weighted by Gasteiger charge is -2.16. The van der Waals surface area contributed by atoms with E-state index in [1.165, 1.54) is 0 Å². The van der Waals surface area contributed by atoms with Crippen LogP contribution in [-0.2, 0) is 13.0 Å². The fourth-order valence-electron chi connectivity index (χ4n) is 2.21. The van der Waals surface area contributed by atoms with Gasteiger partial charge < -0.3 is 9.30 Å². The largest absolute Gasteiger partial charge is 0.497 e. The van der Waals surface area contributed by atoms with E-state index in [1.807, 2.05) is 24.3 Å². The number of methoxy groups -OCH3 is 1. The summed E-state index contributed by atoms with van der Waals surface area (Å²) >= 11 is 12.1. The number of aromatic nitrogens is 2. The van der Waals surface area contributed by atoms with E-state index in [0.717, 1.165) is 11.3 Å². The third-order valence-corrected chi connectivity index (χ3v) is 3.83. The number of ether oxygens (including phenoxy) is 1. The van der Waals surface area contributed by atoms with Gasteiger partial charge in [0.25, 0.3) is 5.56 Å². The van der Waals surface area contributed by atoms with Gasteiger partial charge in [-0.1, -0.05) is 49.2 Å². The van der Waals surface area contributed by atoms with Crippen molar-refractivity contribution in [2.45, 2.75) is 26.8 Å². The zero-order valence-electron chi connectivity index (χ0n) is 12.8. The van der Waals surface area contributed by atoms with Gasteiger partial charge in [0.05, 0.1) is 19.3 Å². The van der Waals surface area contributed by atoms with E-state index >= 15 is 0 Å². The molecule has 1 heterocycles. The molecule has 0 unspecified atom stereocenters. The number of benzene rings is 1. The van der Waals surface area contributed by atoms with Crippen molar-refractivity contribution in [2.75, 3.05) is 7.11 Å². The Kier molecular flexibility index (Phi) is 5.48. The Morgan fingerprint density at radius 1 is 1.18 bits per heavy atom. The first-order valence-electron chi connectivity index (χ1n) is 7.00. The number of nitrogens with zero attached hydrogens (tertiary/aromatic N) is 2. The van der Waals surface area contributed by atoms with Gasteiger partial charge in [-0.3, -0.25) is 4.79 Å². The van der Waals surface area contributed by atoms with E-state index in [1.54, 1.807) is 11.7 Å². The fourth-order valence-corrected chi connectivity index (χ4v) is 2.70. The van der Waals surface area contributed by atoms with Crippen LogP contribution in [0.2, 0.25) is 10.3 Å². The van der Waals surface area contributed by atoms with E-state index in [-0.39, 0.29) is 15.9 Å². The van der Waals surface area contributed by atoms with Crippen molar-refractivity contribution in [3.8, 4) is 5.75 Å². The van der Waals surface area contributed by atoms with E-state index < -0.39 is 0 Å². The van der Waals surface area contributed by atoms with Crippen LogP contribution in [0.3, 0.4) is 0 Å². The van der Waals surface area contributed by atoms with Gasteiger partial charge in [-0.05, 0) is 30.0 Å². The van der Waals surface area contributed by atoms with Gasteiger partial charge in [-0.25, -0.2) is 4.98 Å². The van der Waals surface area contributed by atoms with Gasteiger partial charge in [-0.15, -0.1) is 0 Å². The maximum atomic E-state index is 12.3. The quantitative estimate of drug-likeness (QED) is 0.831. The predicted molar refractivity (Wildman–Crippen MR) is 89.2 cm³/mol. The molecule has 0 radical (unpaired) electrons. The van der Waals surface area contributed by atoms with Crippen molar-refractivity contribution in [3.05, 3.63) is 56.2 Å². The van der Waals surface area contributed by atoms with E-state index in [4.69, 9.17) is 27.9 Å². The Labute approximate surface area is 139 Å². The molecule has 0 saturated carbocycles. The van der Waals surface area contributed by atoms with Crippen molar-refractivity contribution in [2.24, 2.45) is 5.92 Å². The number of halogens is 2. The maximum Gasteiger partial charge on any atom is 0.288 e. The molecule has 0 aliphatic rings. The van der Waals surface area contributed by atoms with Crippen LogP contribution in [-0.4, -0.2) is 16.7 Å². The molecule has 0 spiro atoms. The highest BCUT2D eigenvalue weighted by molar-refractivity contribution is 6.32. The Morgan fingerprint density at radius 2 is 1.82 bits per heavy atom. The highest BCUT2D eigenvalue weighted by Crippen LogP contribution is 2.19. The average Bonchev–Trinajstić information content (AvgIpc) is 2.48. The average molecular weight is 341 g/mol. The highest BCUT2D eigenvalue weighted by atomic mass is 35.5. The molecule has 22 heavy (non-hydrogen) atoms. The Balaban J connectivity index is 2.45. The van der Waals surface area contributed by atoms with Crippen molar-refractivity contribution in [1.29, 1.82) is 0 Å². The van der Waals surface area contributed by atoms with Crippen LogP contribution >= 0.6 is 23.2 Å². The highest BCUT2D eigenvalue weighted by Gasteiger charge is 2.15. The molecule has 1 aromatic carbocycles. The smallest absolute Gasteiger partial charge is 0.288 e. The number of hydrogen-bond donors (Lipinski definition) is 0. The standard InChI is InChI=1S/C16H18Cl2N2O2/c1-10(2)8-13-14(17)19-15(18)16(21)20(13)9-11-4-6-12(22-3)7-5-11/h4-7,10H,8-9H2,1-3H3. The lowest BCUT2D eigenvalue weighted by molar-refractivity contribution is 0.414. The normalized spacial score (nSPS) is 11.0. The minimum atomic E-state index is -0.322. The van der Waals surface area contributed by atoms with Crippen molar-refractivity contribution >= 4 is 23.2 Å². The van der Waals surface area contributed by atoms with Crippen LogP contribution in [0, 0.1) is 5.92 Å². The topological polar surface area (TPSA) is 44.1 Å². The van der Waals surface area contributed by atoms with Crippen LogP contribution in [0.15, 0.2) is 29.1 Å². The summed E-state index contributed by atoms with van der Waals surface area (Å²) in [4.78, 5) is 16.3. The molecular weight excluding hydrogens is 323 g/mol. The van der Waals surface area contributed by atoms with Crippen LogP contribution < -0.4 is 10.3 Å². The first-order valence-corrected chi connectivity index (χ1v) is 7.75. The zero-order valence-corrected chi connectivity index (χ0v) is 14.3. The third kappa shape index (κ3) is 3.81. The summed E-state index contributed by atoms with van der Waals surface area (Å²) in [5.41, 5.74) is 1.35. The second kappa shape index (κ2) is 7.16. The summed E-state index contributed by atoms with van der Waals surface area (Å²) in [5, 5.41) is 0.179. The van der Waals surface area contributed by atoms with Crippen molar-refractivity contribution < 1.29 is 4.74 Å². The lowest BCUT2D eigenvalue weighted by atomic mass is 10.1. The Bertz CT molecular complexity index is 709. The lowest BCUT2D eigenvalue weighted by Crippen LogP contribution is -2.27. The summed E-state index contributed by atoms with van der Waals surface area (Å²) in [7, 11) is 1.61. The number of hydrogen-bond acceptors (Lipinski definition) is 3. The van der Waals surface area contributed by atoms with Crippen LogP contribution in [0.4, 0.5) is 0 Å². The van der Waals surface area contributed by atoms with E-state index in [9.17, 15) is 4.79 Å². The SMILES string of the molecule is COc1ccc(Cn2c(CC(C)C)c(Cl)nc(Cl)c2=O)cc1. The predicted octanol–water partition coefficient (Wildman–Crippen LogP) is 3.81. The third-order valence-electron chi connectivity index (χ3n) is 3.28. The molecule has 2 rings (SSSR count). The summed E-state index contributed by atoms with van der Waals surface area (Å²) in [5.74, 6) is 1.12. The summed E-state index contributed by atoms with van der Waals surface area (Å²) in [6.45, 7) is 4.52. The molecule has 2 aromatic rings. The monoisotopic (exact) mass is 340 g/mol. The van der Waals surface area contributed by atoms with Crippen molar-refractivity contribution in [1.82, 2.24) is 9.55 Å². The molecule has 0 bridgehead atoms. The molecule has 6 heteroatoms. The van der Waals surface area contributed by atoms with Gasteiger partial charge >= 0.3 is 0 Å². The van der Waals surface area contributed by atoms with Gasteiger partial charge in [0, 0.05) is 0 Å². The minimum Gasteiger partial charge on any atom is -0.497 e. The first-order chi connectivity index (χ1) is 10.4. The van der Waals surface area contributed by atoms with Gasteiger partial charge in [0.2, 0.25) is 0 Å². The summed E-state index contributed by atoms with van der Waals surface area (Å²) in [6, 6.07) is 7.53. The van der Waals surface area contributed by atoms with Crippen LogP contribution in [0.5, 0.6) is 5.75 Å². The molecule has 0 saturated heterocycles. The molecular formula is C16H18Cl2N2O2. The first kappa shape index (κ1) is 16.8. The molecule has 0 amide bonds. The van der Waals surface area contributed by atoms with Crippen LogP contribution in [0.25, 0.3) is 0 Å². The van der Waals surface area contributed by atoms with E-state index in [0.29, 0.717) is 24.6 Å². The summed E-state index contributed by atoms with van der Waals surface area (Å²) in [6.07, 6.45) is 0.661. The molecule has 4 nitrogen and oxygen atoms in total. The minimum absolute atomic E-state index is 0.106. The molecule has 0 atom stereocenters.